The number of hydrogen-bond donors (Lipinski definition) is 0. The normalized spacial score (nSPS) is 16.2. The molecule has 0 bridgehead atoms. The van der Waals surface area contributed by atoms with Crippen molar-refractivity contribution in [1.29, 1.82) is 0 Å². The van der Waals surface area contributed by atoms with E-state index in [0.29, 0.717) is 7.25 Å². The van der Waals surface area contributed by atoms with Crippen molar-refractivity contribution in [3.8, 4) is 33.8 Å². The summed E-state index contributed by atoms with van der Waals surface area (Å²) >= 11 is -2.46. The number of benzene rings is 4. The van der Waals surface area contributed by atoms with Crippen molar-refractivity contribution in [1.82, 2.24) is 0 Å². The van der Waals surface area contributed by atoms with E-state index in [9.17, 15) is 0 Å². The Morgan fingerprint density at radius 3 is 1.05 bits per heavy atom. The molecule has 2 aliphatic carbocycles. The number of hydrogen-bond acceptors (Lipinski definition) is 2. The maximum Gasteiger partial charge on any atom is -1.00 e. The average molecular weight is 915 g/mol. The van der Waals surface area contributed by atoms with Crippen LogP contribution < -0.4 is 34.3 Å². The van der Waals surface area contributed by atoms with Gasteiger partial charge in [0, 0.05) is 0 Å². The third-order valence-electron chi connectivity index (χ3n) is 12.3. The molecule has 4 aromatic carbocycles. The van der Waals surface area contributed by atoms with Crippen LogP contribution in [0.3, 0.4) is 0 Å². The van der Waals surface area contributed by atoms with E-state index in [1.54, 1.807) is 22.3 Å². The summed E-state index contributed by atoms with van der Waals surface area (Å²) in [7, 11) is 3.73. The fourth-order valence-electron chi connectivity index (χ4n) is 9.26. The first-order chi connectivity index (χ1) is 25.9. The fourth-order valence-corrected chi connectivity index (χ4v) is 29.9. The second-order valence-electron chi connectivity index (χ2n) is 20.9. The van der Waals surface area contributed by atoms with Crippen LogP contribution in [0.1, 0.15) is 149 Å². The molecule has 6 heteroatoms. The molecular formula is C52H68Cl2O2SiZr. The molecule has 58 heavy (non-hydrogen) atoms. The van der Waals surface area contributed by atoms with Gasteiger partial charge in [0.1, 0.15) is 0 Å². The van der Waals surface area contributed by atoms with Gasteiger partial charge in [0.15, 0.2) is 0 Å². The molecule has 2 aliphatic rings. The zero-order valence-electron chi connectivity index (χ0n) is 38.7. The van der Waals surface area contributed by atoms with Crippen molar-refractivity contribution in [3.05, 3.63) is 116 Å². The monoisotopic (exact) mass is 912 g/mol. The van der Waals surface area contributed by atoms with Crippen molar-refractivity contribution in [2.24, 2.45) is 0 Å². The maximum atomic E-state index is 6.44. The van der Waals surface area contributed by atoms with Crippen molar-refractivity contribution >= 4 is 17.6 Å². The van der Waals surface area contributed by atoms with E-state index in [1.807, 2.05) is 14.2 Å². The van der Waals surface area contributed by atoms with Crippen molar-refractivity contribution in [3.63, 3.8) is 0 Å². The first kappa shape index (κ1) is 48.3. The second-order valence-corrected chi connectivity index (χ2v) is 38.8. The van der Waals surface area contributed by atoms with E-state index < -0.39 is 25.8 Å². The molecule has 0 radical (unpaired) electrons. The van der Waals surface area contributed by atoms with Gasteiger partial charge in [-0.3, -0.25) is 0 Å². The van der Waals surface area contributed by atoms with Crippen LogP contribution in [0.2, 0.25) is 13.1 Å². The largest absolute Gasteiger partial charge is 1.00 e. The molecule has 0 amide bonds. The van der Waals surface area contributed by atoms with Gasteiger partial charge >= 0.3 is 351 Å². The maximum absolute atomic E-state index is 6.44. The summed E-state index contributed by atoms with van der Waals surface area (Å²) in [5.41, 5.74) is 18.7. The van der Waals surface area contributed by atoms with Gasteiger partial charge in [-0.05, 0) is 0 Å². The first-order valence-corrected chi connectivity index (χ1v) is 29.7. The minimum absolute atomic E-state index is 0. The molecule has 2 nitrogen and oxygen atoms in total. The minimum atomic E-state index is -2.46. The summed E-state index contributed by atoms with van der Waals surface area (Å²) in [6.45, 7) is 38.0. The van der Waals surface area contributed by atoms with Crippen LogP contribution in [0.25, 0.3) is 34.4 Å². The van der Waals surface area contributed by atoms with Crippen molar-refractivity contribution < 1.29 is 54.7 Å². The Hall–Kier alpha value is -2.36. The van der Waals surface area contributed by atoms with Crippen LogP contribution in [-0.2, 0) is 42.0 Å². The Bertz CT molecular complexity index is 2120. The molecule has 2 atom stereocenters. The Morgan fingerprint density at radius 2 is 0.810 bits per heavy atom. The van der Waals surface area contributed by atoms with Gasteiger partial charge in [0.2, 0.25) is 0 Å². The van der Waals surface area contributed by atoms with Gasteiger partial charge in [-0.25, -0.2) is 0 Å². The van der Waals surface area contributed by atoms with Crippen molar-refractivity contribution in [2.75, 3.05) is 14.2 Å². The third kappa shape index (κ3) is 8.84. The van der Waals surface area contributed by atoms with Crippen LogP contribution in [-0.4, -0.2) is 19.7 Å². The fraction of sp³-hybridized carbons (Fsp3) is 0.462. The van der Waals surface area contributed by atoms with Gasteiger partial charge in [-0.15, -0.1) is 0 Å². The standard InChI is InChI=1S/2C25H31O.C2H6Si.2ClH.Zr/c2*1-16-13-18-15-21(25(5,6)7)23(26-8)22(20(18)14-16)17-9-11-19(12-10-17)24(2,3)4;1-3-2;;;/h2*9-15H,1-8H3;1-2H3;2*1H;/q;;;;;+2/p-2. The van der Waals surface area contributed by atoms with E-state index in [-0.39, 0.29) is 46.5 Å². The second kappa shape index (κ2) is 17.2. The predicted octanol–water partition coefficient (Wildman–Crippen LogP) is 8.72. The first-order valence-electron chi connectivity index (χ1n) is 20.7. The van der Waals surface area contributed by atoms with E-state index >= 15 is 0 Å². The third-order valence-corrected chi connectivity index (χ3v) is 32.2. The average Bonchev–Trinajstić information content (AvgIpc) is 3.60. The molecule has 6 rings (SSSR count). The Balaban J connectivity index is 0.00000372. The molecule has 0 N–H and O–H groups in total. The Kier molecular flexibility index (Phi) is 14.3. The number of halogens is 2. The van der Waals surface area contributed by atoms with Crippen LogP contribution in [0.15, 0.2) is 71.8 Å². The molecular weight excluding hydrogens is 847 g/mol. The summed E-state index contributed by atoms with van der Waals surface area (Å²) in [5, 5.41) is 0. The molecule has 2 unspecified atom stereocenters. The van der Waals surface area contributed by atoms with Gasteiger partial charge in [-0.1, -0.05) is 0 Å². The molecule has 0 spiro atoms. The summed E-state index contributed by atoms with van der Waals surface area (Å²) in [4.78, 5) is 0. The van der Waals surface area contributed by atoms with Gasteiger partial charge in [0.05, 0.1) is 0 Å². The van der Waals surface area contributed by atoms with Gasteiger partial charge in [0.25, 0.3) is 0 Å². The van der Waals surface area contributed by atoms with Crippen LogP contribution in [0.4, 0.5) is 0 Å². The SMILES string of the molecule is COc1c(C(C)(C)C)cc2c(c1-c1ccc(C(C)(C)C)cc1)C=C(C)[CH]2[Zr+2]([CH]1C(C)=Cc2c1cc(C(C)(C)C)c(OC)c2-c1ccc(C(C)(C)C)cc1)=[Si](C)C.[Cl-].[Cl-]. The molecule has 0 aliphatic heterocycles. The predicted molar refractivity (Wildman–Crippen MR) is 242 cm³/mol. The summed E-state index contributed by atoms with van der Waals surface area (Å²) < 4.78 is 13.9. The molecule has 0 fully saturated rings. The number of fused-ring (bicyclic) bond motifs is 2. The molecule has 4 aromatic rings. The molecule has 0 saturated heterocycles. The molecule has 0 aromatic heterocycles. The number of ether oxygens (including phenoxy) is 2. The molecule has 0 heterocycles. The van der Waals surface area contributed by atoms with Crippen LogP contribution in [0, 0.1) is 0 Å². The van der Waals surface area contributed by atoms with Crippen molar-refractivity contribution in [2.45, 2.75) is 139 Å². The minimum Gasteiger partial charge on any atom is -1.00 e. The number of allylic oxidation sites excluding steroid dienone is 2. The summed E-state index contributed by atoms with van der Waals surface area (Å²) in [6.07, 6.45) is 5.11. The quantitative estimate of drug-likeness (QED) is 0.181. The zero-order valence-corrected chi connectivity index (χ0v) is 43.6. The van der Waals surface area contributed by atoms with Gasteiger partial charge in [-0.2, -0.15) is 0 Å². The number of methoxy groups -OCH3 is 2. The summed E-state index contributed by atoms with van der Waals surface area (Å²) in [6, 6.07) is 23.8. The van der Waals surface area contributed by atoms with E-state index in [0.717, 1.165) is 11.5 Å². The topological polar surface area (TPSA) is 18.5 Å². The molecule has 310 valence electrons. The zero-order chi connectivity index (χ0) is 41.4. The smallest absolute Gasteiger partial charge is 1.00 e. The summed E-state index contributed by atoms with van der Waals surface area (Å²) in [5.74, 6) is 2.05. The van der Waals surface area contributed by atoms with Gasteiger partial charge < -0.3 is 24.8 Å². The van der Waals surface area contributed by atoms with E-state index in [2.05, 4.69) is 183 Å². The van der Waals surface area contributed by atoms with Crippen LogP contribution >= 0.6 is 0 Å². The van der Waals surface area contributed by atoms with Crippen LogP contribution in [0.5, 0.6) is 11.5 Å². The Morgan fingerprint density at radius 1 is 0.500 bits per heavy atom. The number of rotatable bonds is 6. The molecule has 0 saturated carbocycles. The van der Waals surface area contributed by atoms with E-state index in [1.165, 1.54) is 55.6 Å². The Labute approximate surface area is 372 Å². The van der Waals surface area contributed by atoms with E-state index in [4.69, 9.17) is 9.47 Å².